The van der Waals surface area contributed by atoms with Crippen LogP contribution in [0.5, 0.6) is 0 Å². The molecule has 0 spiro atoms. The Morgan fingerprint density at radius 2 is 1.83 bits per heavy atom. The Morgan fingerprint density at radius 3 is 2.48 bits per heavy atom. The zero-order valence-corrected chi connectivity index (χ0v) is 14.3. The minimum Gasteiger partial charge on any atom is -0.455 e. The lowest BCUT2D eigenvalue weighted by molar-refractivity contribution is -0.148. The molecule has 2 aromatic rings. The van der Waals surface area contributed by atoms with Crippen molar-refractivity contribution in [1.29, 1.82) is 0 Å². The van der Waals surface area contributed by atoms with Gasteiger partial charge in [-0.3, -0.25) is 25.2 Å². The molecule has 2 amide bonds. The molecule has 1 aromatic carbocycles. The van der Waals surface area contributed by atoms with Crippen LogP contribution in [-0.4, -0.2) is 24.4 Å². The summed E-state index contributed by atoms with van der Waals surface area (Å²) in [4.78, 5) is 34.8. The third-order valence-electron chi connectivity index (χ3n) is 2.71. The molecule has 0 fully saturated rings. The molecule has 0 bridgehead atoms. The van der Waals surface area contributed by atoms with Gasteiger partial charge in [0.05, 0.1) is 6.42 Å². The van der Waals surface area contributed by atoms with Crippen molar-refractivity contribution in [1.82, 2.24) is 10.9 Å². The van der Waals surface area contributed by atoms with Crippen LogP contribution in [0.1, 0.15) is 15.9 Å². The predicted molar refractivity (Wildman–Crippen MR) is 88.7 cm³/mol. The van der Waals surface area contributed by atoms with E-state index in [0.29, 0.717) is 5.56 Å². The molecule has 8 heteroatoms. The summed E-state index contributed by atoms with van der Waals surface area (Å²) in [5.41, 5.74) is 5.66. The van der Waals surface area contributed by atoms with E-state index in [2.05, 4.69) is 26.8 Å². The Hall–Kier alpha value is -2.19. The largest absolute Gasteiger partial charge is 0.455 e. The lowest BCUT2D eigenvalue weighted by Crippen LogP contribution is -2.43. The molecule has 0 aliphatic carbocycles. The van der Waals surface area contributed by atoms with Gasteiger partial charge in [0, 0.05) is 10.0 Å². The smallest absolute Gasteiger partial charge is 0.310 e. The van der Waals surface area contributed by atoms with Crippen molar-refractivity contribution >= 4 is 45.1 Å². The average molecular weight is 397 g/mol. The van der Waals surface area contributed by atoms with Gasteiger partial charge in [0.2, 0.25) is 0 Å². The van der Waals surface area contributed by atoms with E-state index in [1.54, 1.807) is 24.3 Å². The number of hydrazine groups is 1. The Kier molecular flexibility index (Phi) is 6.30. The molecule has 0 atom stereocenters. The monoisotopic (exact) mass is 396 g/mol. The Bertz CT molecular complexity index is 686. The number of carbonyl (C=O) groups excluding carboxylic acids is 3. The minimum absolute atomic E-state index is 0.113. The molecular weight excluding hydrogens is 384 g/mol. The maximum Gasteiger partial charge on any atom is 0.310 e. The highest BCUT2D eigenvalue weighted by Crippen LogP contribution is 2.10. The van der Waals surface area contributed by atoms with Crippen LogP contribution >= 0.6 is 27.3 Å². The quantitative estimate of drug-likeness (QED) is 0.598. The van der Waals surface area contributed by atoms with Gasteiger partial charge in [-0.1, -0.05) is 15.9 Å². The lowest BCUT2D eigenvalue weighted by atomic mass is 10.2. The molecule has 0 aliphatic heterocycles. The van der Waals surface area contributed by atoms with Crippen molar-refractivity contribution in [3.63, 3.8) is 0 Å². The summed E-state index contributed by atoms with van der Waals surface area (Å²) in [6.45, 7) is -0.455. The standard InChI is InChI=1S/C15H13BrN2O4S/c16-12-3-1-11(2-4-12)15(21)18-17-13(19)8-22-14(20)7-10-5-6-23-9-10/h1-6,9H,7-8H2,(H,17,19)(H,18,21). The molecule has 120 valence electrons. The zero-order valence-electron chi connectivity index (χ0n) is 11.9. The van der Waals surface area contributed by atoms with Gasteiger partial charge < -0.3 is 4.74 Å². The van der Waals surface area contributed by atoms with Crippen molar-refractivity contribution in [3.05, 3.63) is 56.7 Å². The van der Waals surface area contributed by atoms with Crippen molar-refractivity contribution in [2.24, 2.45) is 0 Å². The van der Waals surface area contributed by atoms with Crippen LogP contribution in [0.3, 0.4) is 0 Å². The first-order valence-electron chi connectivity index (χ1n) is 6.56. The fourth-order valence-corrected chi connectivity index (χ4v) is 2.53. The molecule has 0 saturated heterocycles. The van der Waals surface area contributed by atoms with Gasteiger partial charge in [-0.15, -0.1) is 0 Å². The number of esters is 1. The number of thiophene rings is 1. The number of benzene rings is 1. The third-order valence-corrected chi connectivity index (χ3v) is 3.98. The van der Waals surface area contributed by atoms with E-state index >= 15 is 0 Å². The van der Waals surface area contributed by atoms with Crippen LogP contribution in [0.2, 0.25) is 0 Å². The first kappa shape index (κ1) is 17.2. The lowest BCUT2D eigenvalue weighted by Gasteiger charge is -2.08. The fourth-order valence-electron chi connectivity index (χ4n) is 1.59. The zero-order chi connectivity index (χ0) is 16.7. The van der Waals surface area contributed by atoms with E-state index in [1.807, 2.05) is 16.8 Å². The maximum atomic E-state index is 11.8. The minimum atomic E-state index is -0.617. The maximum absolute atomic E-state index is 11.8. The third kappa shape index (κ3) is 5.84. The second kappa shape index (κ2) is 8.44. The van der Waals surface area contributed by atoms with Crippen LogP contribution in [0.4, 0.5) is 0 Å². The second-order valence-electron chi connectivity index (χ2n) is 4.48. The molecular formula is C15H13BrN2O4S. The summed E-state index contributed by atoms with van der Waals surface area (Å²) in [5, 5.41) is 3.69. The number of hydrogen-bond acceptors (Lipinski definition) is 5. The van der Waals surface area contributed by atoms with Crippen molar-refractivity contribution in [2.45, 2.75) is 6.42 Å². The Morgan fingerprint density at radius 1 is 1.09 bits per heavy atom. The molecule has 0 aliphatic rings. The van der Waals surface area contributed by atoms with Gasteiger partial charge in [-0.05, 0) is 46.7 Å². The summed E-state index contributed by atoms with van der Waals surface area (Å²) >= 11 is 4.74. The number of nitrogens with one attached hydrogen (secondary N) is 2. The highest BCUT2D eigenvalue weighted by Gasteiger charge is 2.10. The molecule has 0 unspecified atom stereocenters. The van der Waals surface area contributed by atoms with Crippen LogP contribution in [0.25, 0.3) is 0 Å². The van der Waals surface area contributed by atoms with Crippen LogP contribution in [-0.2, 0) is 20.7 Å². The molecule has 23 heavy (non-hydrogen) atoms. The summed E-state index contributed by atoms with van der Waals surface area (Å²) in [5.74, 6) is -1.58. The van der Waals surface area contributed by atoms with E-state index in [0.717, 1.165) is 10.0 Å². The number of hydrogen-bond donors (Lipinski definition) is 2. The number of halogens is 1. The second-order valence-corrected chi connectivity index (χ2v) is 6.17. The van der Waals surface area contributed by atoms with E-state index in [-0.39, 0.29) is 6.42 Å². The van der Waals surface area contributed by atoms with Crippen molar-refractivity contribution in [2.75, 3.05) is 6.61 Å². The number of amides is 2. The summed E-state index contributed by atoms with van der Waals surface area (Å²) in [7, 11) is 0. The van der Waals surface area contributed by atoms with E-state index in [4.69, 9.17) is 4.74 Å². The SMILES string of the molecule is O=C(COC(=O)Cc1ccsc1)NNC(=O)c1ccc(Br)cc1. The molecule has 6 nitrogen and oxygen atoms in total. The number of rotatable bonds is 5. The normalized spacial score (nSPS) is 9.96. The molecule has 1 aromatic heterocycles. The number of ether oxygens (including phenoxy) is 1. The van der Waals surface area contributed by atoms with Crippen molar-refractivity contribution in [3.8, 4) is 0 Å². The summed E-state index contributed by atoms with van der Waals surface area (Å²) in [6, 6.07) is 8.44. The number of carbonyl (C=O) groups is 3. The highest BCUT2D eigenvalue weighted by molar-refractivity contribution is 9.10. The summed E-state index contributed by atoms with van der Waals surface area (Å²) < 4.78 is 5.67. The van der Waals surface area contributed by atoms with Crippen LogP contribution in [0, 0.1) is 0 Å². The Labute approximate surface area is 144 Å². The van der Waals surface area contributed by atoms with Crippen LogP contribution in [0.15, 0.2) is 45.6 Å². The molecule has 2 rings (SSSR count). The van der Waals surface area contributed by atoms with E-state index in [1.165, 1.54) is 11.3 Å². The van der Waals surface area contributed by atoms with Gasteiger partial charge in [-0.25, -0.2) is 0 Å². The fraction of sp³-hybridized carbons (Fsp3) is 0.133. The van der Waals surface area contributed by atoms with Gasteiger partial charge in [-0.2, -0.15) is 11.3 Å². The predicted octanol–water partition coefficient (Wildman–Crippen LogP) is 2.06. The molecule has 1 heterocycles. The first-order valence-corrected chi connectivity index (χ1v) is 8.29. The van der Waals surface area contributed by atoms with Crippen LogP contribution < -0.4 is 10.9 Å². The van der Waals surface area contributed by atoms with Gasteiger partial charge in [0.15, 0.2) is 6.61 Å². The van der Waals surface area contributed by atoms with E-state index < -0.39 is 24.4 Å². The molecule has 0 saturated carbocycles. The average Bonchev–Trinajstić information content (AvgIpc) is 3.04. The van der Waals surface area contributed by atoms with Gasteiger partial charge >= 0.3 is 5.97 Å². The Balaban J connectivity index is 1.69. The van der Waals surface area contributed by atoms with Gasteiger partial charge in [0.25, 0.3) is 11.8 Å². The van der Waals surface area contributed by atoms with Gasteiger partial charge in [0.1, 0.15) is 0 Å². The molecule has 0 radical (unpaired) electrons. The molecule has 2 N–H and O–H groups in total. The topological polar surface area (TPSA) is 84.5 Å². The highest BCUT2D eigenvalue weighted by atomic mass is 79.9. The summed E-state index contributed by atoms with van der Waals surface area (Å²) in [6.07, 6.45) is 0.113. The first-order chi connectivity index (χ1) is 11.0. The van der Waals surface area contributed by atoms with Crippen molar-refractivity contribution < 1.29 is 19.1 Å². The van der Waals surface area contributed by atoms with E-state index in [9.17, 15) is 14.4 Å².